The van der Waals surface area contributed by atoms with E-state index >= 15 is 0 Å². The number of hydrazine groups is 1. The summed E-state index contributed by atoms with van der Waals surface area (Å²) in [6.07, 6.45) is 3.52. The summed E-state index contributed by atoms with van der Waals surface area (Å²) in [5, 5.41) is 0. The van der Waals surface area contributed by atoms with Gasteiger partial charge in [0.2, 0.25) is 0 Å². The van der Waals surface area contributed by atoms with Crippen molar-refractivity contribution < 1.29 is 9.18 Å². The van der Waals surface area contributed by atoms with Crippen LogP contribution in [0.1, 0.15) is 34.8 Å². The van der Waals surface area contributed by atoms with Crippen LogP contribution >= 0.6 is 0 Å². The third-order valence-electron chi connectivity index (χ3n) is 5.52. The molecule has 2 saturated heterocycles. The molecule has 2 aliphatic rings. The molecule has 1 aromatic heterocycles. The van der Waals surface area contributed by atoms with E-state index in [0.29, 0.717) is 11.6 Å². The van der Waals surface area contributed by atoms with Crippen molar-refractivity contribution >= 4 is 5.91 Å². The number of carbonyl (C=O) groups is 1. The Hall–Kier alpha value is -2.31. The summed E-state index contributed by atoms with van der Waals surface area (Å²) in [6, 6.07) is 12.5. The maximum absolute atomic E-state index is 13.6. The molecule has 5 nitrogen and oxygen atoms in total. The maximum Gasteiger partial charge on any atom is 0.272 e. The summed E-state index contributed by atoms with van der Waals surface area (Å²) in [6.45, 7) is 2.25. The second-order valence-corrected chi connectivity index (χ2v) is 7.06. The third kappa shape index (κ3) is 3.48. The largest absolute Gasteiger partial charge is 0.337 e. The Bertz CT molecular complexity index is 761. The topological polar surface area (TPSA) is 57.3 Å². The molecule has 2 unspecified atom stereocenters. The SMILES string of the molecule is O=C(c1ccccn1)N1CCC(C2NNCC2c2cccc(F)c2)CC1. The Morgan fingerprint density at radius 2 is 2.00 bits per heavy atom. The first kappa shape index (κ1) is 17.1. The zero-order valence-corrected chi connectivity index (χ0v) is 14.6. The number of carbonyl (C=O) groups excluding carboxylic acids is 1. The van der Waals surface area contributed by atoms with E-state index < -0.39 is 0 Å². The highest BCUT2D eigenvalue weighted by molar-refractivity contribution is 5.92. The van der Waals surface area contributed by atoms with Gasteiger partial charge in [-0.25, -0.2) is 4.39 Å². The van der Waals surface area contributed by atoms with Gasteiger partial charge in [0.15, 0.2) is 0 Å². The predicted molar refractivity (Wildman–Crippen MR) is 96.9 cm³/mol. The lowest BCUT2D eigenvalue weighted by atomic mass is 9.80. The Labute approximate surface area is 152 Å². The van der Waals surface area contributed by atoms with Crippen molar-refractivity contribution in [3.8, 4) is 0 Å². The minimum Gasteiger partial charge on any atom is -0.337 e. The molecule has 2 aromatic rings. The molecule has 0 bridgehead atoms. The molecule has 4 rings (SSSR count). The first-order valence-corrected chi connectivity index (χ1v) is 9.16. The van der Waals surface area contributed by atoms with Crippen molar-refractivity contribution in [3.05, 3.63) is 65.7 Å². The number of aromatic nitrogens is 1. The van der Waals surface area contributed by atoms with Crippen LogP contribution in [0.5, 0.6) is 0 Å². The van der Waals surface area contributed by atoms with Crippen LogP contribution in [-0.4, -0.2) is 41.5 Å². The molecule has 1 amide bonds. The Morgan fingerprint density at radius 3 is 2.73 bits per heavy atom. The Morgan fingerprint density at radius 1 is 1.15 bits per heavy atom. The van der Waals surface area contributed by atoms with Crippen LogP contribution in [-0.2, 0) is 0 Å². The molecule has 2 fully saturated rings. The molecule has 0 aliphatic carbocycles. The number of benzene rings is 1. The fourth-order valence-corrected chi connectivity index (χ4v) is 4.14. The molecule has 26 heavy (non-hydrogen) atoms. The number of piperidine rings is 1. The summed E-state index contributed by atoms with van der Waals surface area (Å²) in [5.74, 6) is 0.506. The fourth-order valence-electron chi connectivity index (χ4n) is 4.14. The zero-order valence-electron chi connectivity index (χ0n) is 14.6. The van der Waals surface area contributed by atoms with E-state index in [2.05, 4.69) is 15.8 Å². The average molecular weight is 354 g/mol. The first-order chi connectivity index (χ1) is 12.7. The number of rotatable bonds is 3. The molecule has 0 spiro atoms. The van der Waals surface area contributed by atoms with Crippen molar-refractivity contribution in [1.82, 2.24) is 20.7 Å². The molecular formula is C20H23FN4O. The van der Waals surface area contributed by atoms with Gasteiger partial charge in [0.1, 0.15) is 11.5 Å². The minimum absolute atomic E-state index is 0.00300. The lowest BCUT2D eigenvalue weighted by Gasteiger charge is -2.36. The van der Waals surface area contributed by atoms with Crippen molar-refractivity contribution in [2.24, 2.45) is 5.92 Å². The molecule has 0 radical (unpaired) electrons. The van der Waals surface area contributed by atoms with Gasteiger partial charge in [0, 0.05) is 37.8 Å². The van der Waals surface area contributed by atoms with Gasteiger partial charge in [-0.15, -0.1) is 0 Å². The van der Waals surface area contributed by atoms with E-state index in [4.69, 9.17) is 0 Å². The highest BCUT2D eigenvalue weighted by Crippen LogP contribution is 2.32. The van der Waals surface area contributed by atoms with Gasteiger partial charge in [-0.3, -0.25) is 20.6 Å². The second-order valence-electron chi connectivity index (χ2n) is 7.06. The summed E-state index contributed by atoms with van der Waals surface area (Å²) in [5.41, 5.74) is 8.15. The summed E-state index contributed by atoms with van der Waals surface area (Å²) in [7, 11) is 0. The normalized spacial score (nSPS) is 24.0. The summed E-state index contributed by atoms with van der Waals surface area (Å²) in [4.78, 5) is 18.6. The zero-order chi connectivity index (χ0) is 17.9. The molecule has 2 N–H and O–H groups in total. The lowest BCUT2D eigenvalue weighted by Crippen LogP contribution is -2.46. The van der Waals surface area contributed by atoms with Gasteiger partial charge in [-0.1, -0.05) is 18.2 Å². The van der Waals surface area contributed by atoms with E-state index in [0.717, 1.165) is 38.0 Å². The fraction of sp³-hybridized carbons (Fsp3) is 0.400. The lowest BCUT2D eigenvalue weighted by molar-refractivity contribution is 0.0664. The molecule has 136 valence electrons. The first-order valence-electron chi connectivity index (χ1n) is 9.16. The standard InChI is InChI=1S/C20H23FN4O/c21-16-5-3-4-15(12-16)17-13-23-24-19(17)14-7-10-25(11-8-14)20(26)18-6-1-2-9-22-18/h1-6,9,12,14,17,19,23-24H,7-8,10-11,13H2. The van der Waals surface area contributed by atoms with Crippen LogP contribution in [0.3, 0.4) is 0 Å². The highest BCUT2D eigenvalue weighted by Gasteiger charge is 2.37. The van der Waals surface area contributed by atoms with Crippen LogP contribution in [0.15, 0.2) is 48.7 Å². The molecular weight excluding hydrogens is 331 g/mol. The Balaban J connectivity index is 1.40. The third-order valence-corrected chi connectivity index (χ3v) is 5.52. The molecule has 6 heteroatoms. The van der Waals surface area contributed by atoms with E-state index in [-0.39, 0.29) is 23.7 Å². The van der Waals surface area contributed by atoms with E-state index in [1.165, 1.54) is 6.07 Å². The van der Waals surface area contributed by atoms with Crippen LogP contribution in [0.25, 0.3) is 0 Å². The van der Waals surface area contributed by atoms with Gasteiger partial charge in [0.05, 0.1) is 0 Å². The van der Waals surface area contributed by atoms with Crippen molar-refractivity contribution in [3.63, 3.8) is 0 Å². The number of likely N-dealkylation sites (tertiary alicyclic amines) is 1. The molecule has 0 saturated carbocycles. The van der Waals surface area contributed by atoms with Gasteiger partial charge in [-0.05, 0) is 48.6 Å². The van der Waals surface area contributed by atoms with E-state index in [1.54, 1.807) is 24.4 Å². The average Bonchev–Trinajstić information content (AvgIpc) is 3.18. The molecule has 3 heterocycles. The number of pyridine rings is 1. The predicted octanol–water partition coefficient (Wildman–Crippen LogP) is 2.33. The van der Waals surface area contributed by atoms with Crippen LogP contribution in [0, 0.1) is 11.7 Å². The van der Waals surface area contributed by atoms with Gasteiger partial charge in [-0.2, -0.15) is 0 Å². The van der Waals surface area contributed by atoms with Crippen molar-refractivity contribution in [1.29, 1.82) is 0 Å². The second kappa shape index (κ2) is 7.51. The minimum atomic E-state index is -0.191. The Kier molecular flexibility index (Phi) is 4.95. The smallest absolute Gasteiger partial charge is 0.272 e. The quantitative estimate of drug-likeness (QED) is 0.888. The summed E-state index contributed by atoms with van der Waals surface area (Å²) < 4.78 is 13.6. The van der Waals surface area contributed by atoms with Gasteiger partial charge >= 0.3 is 0 Å². The molecule has 1 aromatic carbocycles. The monoisotopic (exact) mass is 354 g/mol. The number of nitrogens with one attached hydrogen (secondary N) is 2. The number of hydrogen-bond acceptors (Lipinski definition) is 4. The summed E-state index contributed by atoms with van der Waals surface area (Å²) >= 11 is 0. The van der Waals surface area contributed by atoms with Crippen LogP contribution in [0.2, 0.25) is 0 Å². The van der Waals surface area contributed by atoms with Crippen LogP contribution in [0.4, 0.5) is 4.39 Å². The number of nitrogens with zero attached hydrogens (tertiary/aromatic N) is 2. The van der Waals surface area contributed by atoms with Gasteiger partial charge < -0.3 is 4.90 Å². The van der Waals surface area contributed by atoms with Crippen molar-refractivity contribution in [2.75, 3.05) is 19.6 Å². The molecule has 2 aliphatic heterocycles. The van der Waals surface area contributed by atoms with E-state index in [1.807, 2.05) is 23.1 Å². The van der Waals surface area contributed by atoms with Crippen molar-refractivity contribution in [2.45, 2.75) is 24.8 Å². The number of hydrogen-bond donors (Lipinski definition) is 2. The highest BCUT2D eigenvalue weighted by atomic mass is 19.1. The number of amides is 1. The number of halogens is 1. The van der Waals surface area contributed by atoms with E-state index in [9.17, 15) is 9.18 Å². The molecule has 2 atom stereocenters. The maximum atomic E-state index is 13.6. The van der Waals surface area contributed by atoms with Crippen LogP contribution < -0.4 is 10.9 Å². The van der Waals surface area contributed by atoms with Gasteiger partial charge in [0.25, 0.3) is 5.91 Å².